The SMILES string of the molecule is c1ccc(N(c2ccccc2)c2c[nH]c3ccccc23)cc1. The third-order valence-electron chi connectivity index (χ3n) is 3.84. The van der Waals surface area contributed by atoms with Crippen LogP contribution in [0, 0.1) is 0 Å². The van der Waals surface area contributed by atoms with Gasteiger partial charge in [0.05, 0.1) is 5.69 Å². The van der Waals surface area contributed by atoms with Crippen LogP contribution >= 0.6 is 0 Å². The molecule has 0 radical (unpaired) electrons. The van der Waals surface area contributed by atoms with Crippen molar-refractivity contribution in [2.24, 2.45) is 0 Å². The molecule has 4 rings (SSSR count). The Labute approximate surface area is 129 Å². The minimum atomic E-state index is 1.15. The van der Waals surface area contributed by atoms with Gasteiger partial charge in [-0.2, -0.15) is 0 Å². The molecule has 0 spiro atoms. The zero-order chi connectivity index (χ0) is 14.8. The van der Waals surface area contributed by atoms with Crippen LogP contribution in [-0.4, -0.2) is 4.98 Å². The summed E-state index contributed by atoms with van der Waals surface area (Å²) in [5.41, 5.74) is 4.61. The molecule has 1 heterocycles. The van der Waals surface area contributed by atoms with Crippen molar-refractivity contribution in [3.63, 3.8) is 0 Å². The van der Waals surface area contributed by atoms with Gasteiger partial charge >= 0.3 is 0 Å². The third-order valence-corrected chi connectivity index (χ3v) is 3.84. The van der Waals surface area contributed by atoms with Gasteiger partial charge in [-0.05, 0) is 30.3 Å². The Morgan fingerprint density at radius 1 is 0.591 bits per heavy atom. The summed E-state index contributed by atoms with van der Waals surface area (Å²) in [4.78, 5) is 5.64. The van der Waals surface area contributed by atoms with Crippen molar-refractivity contribution in [1.82, 2.24) is 4.98 Å². The van der Waals surface area contributed by atoms with Gasteiger partial charge in [-0.25, -0.2) is 0 Å². The van der Waals surface area contributed by atoms with Crippen LogP contribution in [0.5, 0.6) is 0 Å². The number of hydrogen-bond donors (Lipinski definition) is 1. The van der Waals surface area contributed by atoms with Gasteiger partial charge in [-0.15, -0.1) is 0 Å². The van der Waals surface area contributed by atoms with E-state index in [1.54, 1.807) is 0 Å². The number of H-pyrrole nitrogens is 1. The van der Waals surface area contributed by atoms with Gasteiger partial charge in [0.25, 0.3) is 0 Å². The number of nitrogens with zero attached hydrogens (tertiary/aromatic N) is 1. The maximum atomic E-state index is 3.37. The van der Waals surface area contributed by atoms with Gasteiger partial charge in [0.2, 0.25) is 0 Å². The summed E-state index contributed by atoms with van der Waals surface area (Å²) in [6, 6.07) is 29.3. The maximum Gasteiger partial charge on any atom is 0.0714 e. The van der Waals surface area contributed by atoms with E-state index >= 15 is 0 Å². The molecule has 0 aliphatic carbocycles. The Morgan fingerprint density at radius 2 is 1.14 bits per heavy atom. The molecule has 0 bridgehead atoms. The van der Waals surface area contributed by atoms with Gasteiger partial charge in [-0.1, -0.05) is 54.6 Å². The molecule has 2 nitrogen and oxygen atoms in total. The van der Waals surface area contributed by atoms with Crippen LogP contribution < -0.4 is 4.90 Å². The van der Waals surface area contributed by atoms with Crippen molar-refractivity contribution in [3.8, 4) is 0 Å². The van der Waals surface area contributed by atoms with Crippen LogP contribution in [0.1, 0.15) is 0 Å². The van der Waals surface area contributed by atoms with Crippen LogP contribution in [0.25, 0.3) is 10.9 Å². The first kappa shape index (κ1) is 12.7. The second-order valence-electron chi connectivity index (χ2n) is 5.23. The lowest BCUT2D eigenvalue weighted by molar-refractivity contribution is 1.29. The fraction of sp³-hybridized carbons (Fsp3) is 0. The predicted molar refractivity (Wildman–Crippen MR) is 93.0 cm³/mol. The number of nitrogens with one attached hydrogen (secondary N) is 1. The van der Waals surface area contributed by atoms with E-state index in [0.29, 0.717) is 0 Å². The second-order valence-corrected chi connectivity index (χ2v) is 5.23. The number of anilines is 3. The maximum absolute atomic E-state index is 3.37. The van der Waals surface area contributed by atoms with E-state index in [1.165, 1.54) is 5.39 Å². The number of aromatic amines is 1. The molecule has 106 valence electrons. The first-order chi connectivity index (χ1) is 10.9. The minimum absolute atomic E-state index is 1.15. The lowest BCUT2D eigenvalue weighted by Gasteiger charge is -2.24. The first-order valence-corrected chi connectivity index (χ1v) is 7.40. The van der Waals surface area contributed by atoms with Crippen molar-refractivity contribution in [2.75, 3.05) is 4.90 Å². The van der Waals surface area contributed by atoms with Crippen molar-refractivity contribution in [3.05, 3.63) is 91.1 Å². The molecule has 0 aliphatic rings. The first-order valence-electron chi connectivity index (χ1n) is 7.40. The minimum Gasteiger partial charge on any atom is -0.359 e. The zero-order valence-corrected chi connectivity index (χ0v) is 12.1. The number of hydrogen-bond acceptors (Lipinski definition) is 1. The average molecular weight is 284 g/mol. The molecule has 0 amide bonds. The van der Waals surface area contributed by atoms with Crippen LogP contribution in [0.3, 0.4) is 0 Å². The van der Waals surface area contributed by atoms with Gasteiger partial charge < -0.3 is 9.88 Å². The number of rotatable bonds is 3. The Balaban J connectivity index is 1.95. The van der Waals surface area contributed by atoms with E-state index < -0.39 is 0 Å². The lowest BCUT2D eigenvalue weighted by Crippen LogP contribution is -2.09. The van der Waals surface area contributed by atoms with E-state index in [2.05, 4.69) is 88.9 Å². The highest BCUT2D eigenvalue weighted by Gasteiger charge is 2.15. The van der Waals surface area contributed by atoms with Crippen molar-refractivity contribution in [2.45, 2.75) is 0 Å². The summed E-state index contributed by atoms with van der Waals surface area (Å²) in [6.07, 6.45) is 2.07. The van der Waals surface area contributed by atoms with E-state index in [-0.39, 0.29) is 0 Å². The summed E-state index contributed by atoms with van der Waals surface area (Å²) in [5.74, 6) is 0. The summed E-state index contributed by atoms with van der Waals surface area (Å²) in [5, 5.41) is 1.22. The third kappa shape index (κ3) is 2.15. The normalized spacial score (nSPS) is 10.7. The highest BCUT2D eigenvalue weighted by Crippen LogP contribution is 2.38. The molecule has 0 aliphatic heterocycles. The Kier molecular flexibility index (Phi) is 3.13. The second kappa shape index (κ2) is 5.41. The highest BCUT2D eigenvalue weighted by atomic mass is 15.2. The fourth-order valence-electron chi connectivity index (χ4n) is 2.82. The zero-order valence-electron chi connectivity index (χ0n) is 12.1. The van der Waals surface area contributed by atoms with Crippen molar-refractivity contribution >= 4 is 28.0 Å². The molecule has 0 saturated heterocycles. The molecule has 1 N–H and O–H groups in total. The molecule has 0 unspecified atom stereocenters. The number of aromatic nitrogens is 1. The van der Waals surface area contributed by atoms with E-state index in [4.69, 9.17) is 0 Å². The summed E-state index contributed by atoms with van der Waals surface area (Å²) in [7, 11) is 0. The van der Waals surface area contributed by atoms with E-state index in [0.717, 1.165) is 22.6 Å². The number of benzene rings is 3. The average Bonchev–Trinajstić information content (AvgIpc) is 3.01. The smallest absolute Gasteiger partial charge is 0.0714 e. The summed E-state index contributed by atoms with van der Waals surface area (Å²) in [6.45, 7) is 0. The van der Waals surface area contributed by atoms with Gasteiger partial charge in [0, 0.05) is 28.5 Å². The number of fused-ring (bicyclic) bond motifs is 1. The largest absolute Gasteiger partial charge is 0.359 e. The molecule has 0 atom stereocenters. The predicted octanol–water partition coefficient (Wildman–Crippen LogP) is 5.64. The quantitative estimate of drug-likeness (QED) is 0.516. The summed E-state index contributed by atoms with van der Waals surface area (Å²) >= 11 is 0. The van der Waals surface area contributed by atoms with Crippen molar-refractivity contribution < 1.29 is 0 Å². The van der Waals surface area contributed by atoms with Gasteiger partial charge in [0.1, 0.15) is 0 Å². The molecule has 0 saturated carbocycles. The molecule has 3 aromatic carbocycles. The molecule has 22 heavy (non-hydrogen) atoms. The van der Waals surface area contributed by atoms with Crippen LogP contribution in [-0.2, 0) is 0 Å². The molecular weight excluding hydrogens is 268 g/mol. The van der Waals surface area contributed by atoms with E-state index in [1.807, 2.05) is 12.1 Å². The Morgan fingerprint density at radius 3 is 1.77 bits per heavy atom. The number of para-hydroxylation sites is 3. The van der Waals surface area contributed by atoms with Crippen LogP contribution in [0.15, 0.2) is 91.1 Å². The monoisotopic (exact) mass is 284 g/mol. The Hall–Kier alpha value is -3.00. The molecule has 1 aromatic heterocycles. The van der Waals surface area contributed by atoms with Crippen molar-refractivity contribution in [1.29, 1.82) is 0 Å². The Bertz CT molecular complexity index is 840. The molecule has 4 aromatic rings. The molecular formula is C20H16N2. The molecule has 0 fully saturated rings. The lowest BCUT2D eigenvalue weighted by atomic mass is 10.1. The highest BCUT2D eigenvalue weighted by molar-refractivity contribution is 5.97. The molecule has 2 heteroatoms. The summed E-state index contributed by atoms with van der Waals surface area (Å²) < 4.78 is 0. The van der Waals surface area contributed by atoms with Crippen LogP contribution in [0.4, 0.5) is 17.1 Å². The van der Waals surface area contributed by atoms with Gasteiger partial charge in [0.15, 0.2) is 0 Å². The topological polar surface area (TPSA) is 19.0 Å². The van der Waals surface area contributed by atoms with Crippen LogP contribution in [0.2, 0.25) is 0 Å². The van der Waals surface area contributed by atoms with Gasteiger partial charge in [-0.3, -0.25) is 0 Å². The standard InChI is InChI=1S/C20H16N2/c1-3-9-16(10-4-1)22(17-11-5-2-6-12-17)20-15-21-19-14-8-7-13-18(19)20/h1-15,21H. The fourth-order valence-corrected chi connectivity index (χ4v) is 2.82. The van der Waals surface area contributed by atoms with E-state index in [9.17, 15) is 0 Å².